The van der Waals surface area contributed by atoms with E-state index < -0.39 is 14.5 Å². The highest BCUT2D eigenvalue weighted by molar-refractivity contribution is 6.61. The molecule has 1 saturated heterocycles. The van der Waals surface area contributed by atoms with E-state index in [0.717, 1.165) is 0 Å². The predicted octanol–water partition coefficient (Wildman–Crippen LogP) is -0.202. The van der Waals surface area contributed by atoms with Gasteiger partial charge in [-0.05, 0) is 12.5 Å². The molecule has 0 bridgehead atoms. The number of hydrogen-bond acceptors (Lipinski definition) is 6. The summed E-state index contributed by atoms with van der Waals surface area (Å²) < 4.78 is 10.8. The smallest absolute Gasteiger partial charge is 0.392 e. The second-order valence-corrected chi connectivity index (χ2v) is 7.79. The van der Waals surface area contributed by atoms with Gasteiger partial charge in [-0.25, -0.2) is 0 Å². The number of Topliss-reactive ketones (excluding diaryl/α,β-unsaturated/α-hetero) is 1. The Bertz CT molecular complexity index is 348. The Morgan fingerprint density at radius 3 is 2.61 bits per heavy atom. The number of aliphatic hydroxyl groups excluding tert-OH is 1. The van der Waals surface area contributed by atoms with Crippen LogP contribution in [0.4, 0.5) is 0 Å². The van der Waals surface area contributed by atoms with Gasteiger partial charge in [0.25, 0.3) is 0 Å². The van der Waals surface area contributed by atoms with Crippen molar-refractivity contribution in [2.24, 2.45) is 0 Å². The second-order valence-electron chi connectivity index (χ2n) is 4.89. The standard InChI is InChI=1S/C11H21NO5Si/c1-8(2)10(14)5-12-11(6-13)7-16-18(15,17-11)9(3)4/h9,12-13,15H,1,5-7H2,2-4H3. The summed E-state index contributed by atoms with van der Waals surface area (Å²) >= 11 is 0. The molecule has 18 heavy (non-hydrogen) atoms. The molecular weight excluding hydrogens is 254 g/mol. The first-order chi connectivity index (χ1) is 8.25. The van der Waals surface area contributed by atoms with Crippen LogP contribution in [0.1, 0.15) is 20.8 Å². The lowest BCUT2D eigenvalue weighted by Crippen LogP contribution is -2.55. The first kappa shape index (κ1) is 15.5. The van der Waals surface area contributed by atoms with Crippen LogP contribution in [0.25, 0.3) is 0 Å². The van der Waals surface area contributed by atoms with E-state index in [0.29, 0.717) is 5.57 Å². The van der Waals surface area contributed by atoms with E-state index in [1.54, 1.807) is 20.8 Å². The summed E-state index contributed by atoms with van der Waals surface area (Å²) in [6, 6.07) is 0. The molecule has 0 aliphatic carbocycles. The predicted molar refractivity (Wildman–Crippen MR) is 67.7 cm³/mol. The average molecular weight is 275 g/mol. The number of carbonyl (C=O) groups excluding carboxylic acids is 1. The summed E-state index contributed by atoms with van der Waals surface area (Å²) in [4.78, 5) is 21.6. The van der Waals surface area contributed by atoms with E-state index in [-0.39, 0.29) is 31.1 Å². The number of carbonyl (C=O) groups is 1. The number of aliphatic hydroxyl groups is 1. The Kier molecular flexibility index (Phi) is 4.82. The van der Waals surface area contributed by atoms with Crippen molar-refractivity contribution < 1.29 is 23.5 Å². The van der Waals surface area contributed by atoms with Crippen molar-refractivity contribution in [1.29, 1.82) is 0 Å². The maximum absolute atomic E-state index is 11.5. The van der Waals surface area contributed by atoms with Gasteiger partial charge < -0.3 is 18.8 Å². The summed E-state index contributed by atoms with van der Waals surface area (Å²) in [5, 5.41) is 12.2. The van der Waals surface area contributed by atoms with Crippen molar-refractivity contribution in [1.82, 2.24) is 5.32 Å². The first-order valence-electron chi connectivity index (χ1n) is 5.86. The molecule has 3 N–H and O–H groups in total. The molecular formula is C11H21NO5Si. The number of nitrogens with one attached hydrogen (secondary N) is 1. The van der Waals surface area contributed by atoms with Crippen LogP contribution in [0.3, 0.4) is 0 Å². The Labute approximate surface area is 108 Å². The summed E-state index contributed by atoms with van der Waals surface area (Å²) in [5.74, 6) is -0.173. The molecule has 0 saturated carbocycles. The third kappa shape index (κ3) is 3.25. The Morgan fingerprint density at radius 1 is 1.61 bits per heavy atom. The lowest BCUT2D eigenvalue weighted by atomic mass is 10.2. The lowest BCUT2D eigenvalue weighted by Gasteiger charge is -2.29. The fraction of sp³-hybridized carbons (Fsp3) is 0.727. The fourth-order valence-corrected chi connectivity index (χ4v) is 3.28. The minimum atomic E-state index is -3.28. The Morgan fingerprint density at radius 2 is 2.22 bits per heavy atom. The quantitative estimate of drug-likeness (QED) is 0.459. The molecule has 1 aliphatic heterocycles. The molecule has 7 heteroatoms. The molecule has 2 unspecified atom stereocenters. The van der Waals surface area contributed by atoms with Crippen molar-refractivity contribution in [3.63, 3.8) is 0 Å². The van der Waals surface area contributed by atoms with Gasteiger partial charge in [0.2, 0.25) is 0 Å². The van der Waals surface area contributed by atoms with Gasteiger partial charge in [-0.15, -0.1) is 0 Å². The van der Waals surface area contributed by atoms with Gasteiger partial charge >= 0.3 is 8.80 Å². The molecule has 1 fully saturated rings. The highest BCUT2D eigenvalue weighted by Crippen LogP contribution is 2.32. The summed E-state index contributed by atoms with van der Waals surface area (Å²) in [6.45, 7) is 8.37. The van der Waals surface area contributed by atoms with Crippen LogP contribution in [-0.4, -0.2) is 50.0 Å². The topological polar surface area (TPSA) is 88.0 Å². The van der Waals surface area contributed by atoms with Crippen LogP contribution in [0.15, 0.2) is 12.2 Å². The molecule has 1 rings (SSSR count). The fourth-order valence-electron chi connectivity index (χ4n) is 1.46. The minimum Gasteiger partial charge on any atom is -0.392 e. The molecule has 1 heterocycles. The van der Waals surface area contributed by atoms with E-state index in [1.165, 1.54) is 0 Å². The van der Waals surface area contributed by atoms with E-state index >= 15 is 0 Å². The summed E-state index contributed by atoms with van der Waals surface area (Å²) in [7, 11) is -3.28. The number of ketones is 1. The molecule has 0 aromatic carbocycles. The van der Waals surface area contributed by atoms with Gasteiger partial charge in [-0.1, -0.05) is 20.4 Å². The van der Waals surface area contributed by atoms with Gasteiger partial charge in [-0.3, -0.25) is 10.1 Å². The maximum Gasteiger partial charge on any atom is 0.502 e. The molecule has 0 spiro atoms. The molecule has 104 valence electrons. The second kappa shape index (κ2) is 5.60. The zero-order valence-electron chi connectivity index (χ0n) is 11.0. The van der Waals surface area contributed by atoms with Crippen molar-refractivity contribution in [3.8, 4) is 0 Å². The van der Waals surface area contributed by atoms with Crippen LogP contribution < -0.4 is 5.32 Å². The third-order valence-electron chi connectivity index (χ3n) is 2.89. The van der Waals surface area contributed by atoms with Crippen LogP contribution in [0, 0.1) is 0 Å². The minimum absolute atomic E-state index is 0.0121. The van der Waals surface area contributed by atoms with Crippen molar-refractivity contribution in [2.45, 2.75) is 32.0 Å². The normalized spacial score (nSPS) is 31.9. The lowest BCUT2D eigenvalue weighted by molar-refractivity contribution is -0.116. The average Bonchev–Trinajstić information content (AvgIpc) is 2.66. The zero-order valence-corrected chi connectivity index (χ0v) is 12.0. The molecule has 0 aromatic heterocycles. The summed E-state index contributed by atoms with van der Waals surface area (Å²) in [5.41, 5.74) is -0.938. The zero-order chi connectivity index (χ0) is 14.0. The van der Waals surface area contributed by atoms with Crippen LogP contribution in [-0.2, 0) is 13.6 Å². The van der Waals surface area contributed by atoms with Gasteiger partial charge in [0.15, 0.2) is 11.5 Å². The largest absolute Gasteiger partial charge is 0.502 e. The highest BCUT2D eigenvalue weighted by atomic mass is 28.4. The van der Waals surface area contributed by atoms with E-state index in [9.17, 15) is 14.7 Å². The third-order valence-corrected chi connectivity index (χ3v) is 5.59. The monoisotopic (exact) mass is 275 g/mol. The molecule has 1 aliphatic rings. The van der Waals surface area contributed by atoms with E-state index in [2.05, 4.69) is 11.9 Å². The molecule has 2 atom stereocenters. The van der Waals surface area contributed by atoms with E-state index in [1.807, 2.05) is 0 Å². The molecule has 0 amide bonds. The highest BCUT2D eigenvalue weighted by Gasteiger charge is 2.55. The van der Waals surface area contributed by atoms with Crippen molar-refractivity contribution in [2.75, 3.05) is 19.8 Å². The number of rotatable bonds is 6. The van der Waals surface area contributed by atoms with Gasteiger partial charge in [0.05, 0.1) is 19.8 Å². The van der Waals surface area contributed by atoms with Gasteiger partial charge in [0, 0.05) is 5.54 Å². The maximum atomic E-state index is 11.5. The Balaban J connectivity index is 2.67. The van der Waals surface area contributed by atoms with Crippen LogP contribution in [0.5, 0.6) is 0 Å². The molecule has 0 radical (unpaired) electrons. The SMILES string of the molecule is C=C(C)C(=O)CNC1(CO)CO[Si](O)(C(C)C)O1. The van der Waals surface area contributed by atoms with Crippen LogP contribution >= 0.6 is 0 Å². The molecule has 0 aromatic rings. The van der Waals surface area contributed by atoms with Gasteiger partial charge in [-0.2, -0.15) is 0 Å². The summed E-state index contributed by atoms with van der Waals surface area (Å²) in [6.07, 6.45) is 0. The Hall–Kier alpha value is -0.573. The van der Waals surface area contributed by atoms with Crippen LogP contribution in [0.2, 0.25) is 5.54 Å². The first-order valence-corrected chi connectivity index (χ1v) is 7.70. The van der Waals surface area contributed by atoms with Crippen molar-refractivity contribution >= 4 is 14.6 Å². The molecule has 6 nitrogen and oxygen atoms in total. The van der Waals surface area contributed by atoms with Crippen molar-refractivity contribution in [3.05, 3.63) is 12.2 Å². The van der Waals surface area contributed by atoms with Gasteiger partial charge in [0.1, 0.15) is 0 Å². The van der Waals surface area contributed by atoms with E-state index in [4.69, 9.17) is 8.85 Å². The number of hydrogen-bond donors (Lipinski definition) is 3.